The van der Waals surface area contributed by atoms with Crippen LogP contribution >= 0.6 is 27.5 Å². The monoisotopic (exact) mass is 319 g/mol. The second-order valence-electron chi connectivity index (χ2n) is 4.46. The molecule has 0 heterocycles. The Hall–Kier alpha value is -0.610. The van der Waals surface area contributed by atoms with E-state index in [4.69, 9.17) is 11.6 Å². The molecule has 1 aromatic rings. The minimum absolute atomic E-state index is 0.0603. The molecule has 0 aliphatic heterocycles. The molecule has 94 valence electrons. The van der Waals surface area contributed by atoms with Gasteiger partial charge in [0, 0.05) is 21.5 Å². The van der Waals surface area contributed by atoms with Gasteiger partial charge in [0.1, 0.15) is 0 Å². The summed E-state index contributed by atoms with van der Waals surface area (Å²) in [4.78, 5) is 10.6. The average Bonchev–Trinajstić information content (AvgIpc) is 2.19. The SMILES string of the molecule is CC(C)CC(Cl)Cc1ccc(Br)cc1[N+](=O)[O-]. The Morgan fingerprint density at radius 3 is 2.65 bits per heavy atom. The highest BCUT2D eigenvalue weighted by atomic mass is 79.9. The van der Waals surface area contributed by atoms with E-state index < -0.39 is 0 Å². The lowest BCUT2D eigenvalue weighted by Gasteiger charge is -2.12. The highest BCUT2D eigenvalue weighted by molar-refractivity contribution is 9.10. The maximum absolute atomic E-state index is 10.9. The van der Waals surface area contributed by atoms with Crippen LogP contribution in [0.5, 0.6) is 0 Å². The van der Waals surface area contributed by atoms with E-state index in [0.29, 0.717) is 22.4 Å². The second kappa shape index (κ2) is 6.36. The van der Waals surface area contributed by atoms with Crippen molar-refractivity contribution in [3.8, 4) is 0 Å². The predicted molar refractivity (Wildman–Crippen MR) is 73.6 cm³/mol. The molecule has 0 aliphatic carbocycles. The minimum Gasteiger partial charge on any atom is -0.258 e. The zero-order valence-corrected chi connectivity index (χ0v) is 12.2. The van der Waals surface area contributed by atoms with Crippen molar-refractivity contribution in [2.24, 2.45) is 5.92 Å². The molecule has 0 fully saturated rings. The molecule has 17 heavy (non-hydrogen) atoms. The highest BCUT2D eigenvalue weighted by Gasteiger charge is 2.17. The fourth-order valence-corrected chi connectivity index (χ4v) is 2.58. The Balaban J connectivity index is 2.86. The summed E-state index contributed by atoms with van der Waals surface area (Å²) in [6.45, 7) is 4.18. The first-order valence-corrected chi connectivity index (χ1v) is 6.70. The zero-order valence-electron chi connectivity index (χ0n) is 9.82. The van der Waals surface area contributed by atoms with Crippen LogP contribution in [0.2, 0.25) is 0 Å². The number of hydrogen-bond donors (Lipinski definition) is 0. The lowest BCUT2D eigenvalue weighted by molar-refractivity contribution is -0.385. The molecule has 0 amide bonds. The van der Waals surface area contributed by atoms with Gasteiger partial charge in [-0.05, 0) is 24.8 Å². The van der Waals surface area contributed by atoms with E-state index in [1.807, 2.05) is 0 Å². The Morgan fingerprint density at radius 1 is 1.47 bits per heavy atom. The molecule has 0 saturated heterocycles. The van der Waals surface area contributed by atoms with Crippen LogP contribution in [0.4, 0.5) is 5.69 Å². The van der Waals surface area contributed by atoms with Crippen LogP contribution in [0, 0.1) is 16.0 Å². The fraction of sp³-hybridized carbons (Fsp3) is 0.500. The van der Waals surface area contributed by atoms with Gasteiger partial charge in [-0.15, -0.1) is 11.6 Å². The summed E-state index contributed by atoms with van der Waals surface area (Å²) in [6.07, 6.45) is 1.39. The van der Waals surface area contributed by atoms with Crippen LogP contribution < -0.4 is 0 Å². The largest absolute Gasteiger partial charge is 0.273 e. The number of nitrogens with zero attached hydrogens (tertiary/aromatic N) is 1. The Morgan fingerprint density at radius 2 is 2.12 bits per heavy atom. The van der Waals surface area contributed by atoms with Crippen LogP contribution in [0.25, 0.3) is 0 Å². The standard InChI is InChI=1S/C12H15BrClNO2/c1-8(2)5-11(14)6-9-3-4-10(13)7-12(9)15(16)17/h3-4,7-8,11H,5-6H2,1-2H3. The molecule has 0 N–H and O–H groups in total. The molecular weight excluding hydrogens is 305 g/mol. The smallest absolute Gasteiger partial charge is 0.258 e. The summed E-state index contributed by atoms with van der Waals surface area (Å²) >= 11 is 9.43. The highest BCUT2D eigenvalue weighted by Crippen LogP contribution is 2.27. The van der Waals surface area contributed by atoms with Gasteiger partial charge in [-0.1, -0.05) is 35.8 Å². The minimum atomic E-state index is -0.362. The van der Waals surface area contributed by atoms with Crippen molar-refractivity contribution >= 4 is 33.2 Å². The predicted octanol–water partition coefficient (Wildman–Crippen LogP) is 4.55. The molecule has 0 aromatic heterocycles. The number of halogens is 2. The van der Waals surface area contributed by atoms with Crippen LogP contribution in [-0.4, -0.2) is 10.3 Å². The molecule has 0 radical (unpaired) electrons. The summed E-state index contributed by atoms with van der Waals surface area (Å²) in [6, 6.07) is 5.09. The first-order valence-electron chi connectivity index (χ1n) is 5.47. The molecule has 1 aromatic carbocycles. The lowest BCUT2D eigenvalue weighted by Crippen LogP contribution is -2.08. The third-order valence-electron chi connectivity index (χ3n) is 2.41. The van der Waals surface area contributed by atoms with E-state index in [0.717, 1.165) is 6.42 Å². The van der Waals surface area contributed by atoms with Gasteiger partial charge in [-0.2, -0.15) is 0 Å². The molecule has 5 heteroatoms. The molecular formula is C12H15BrClNO2. The van der Waals surface area contributed by atoms with Crippen LogP contribution in [0.15, 0.2) is 22.7 Å². The van der Waals surface area contributed by atoms with Gasteiger partial charge < -0.3 is 0 Å². The van der Waals surface area contributed by atoms with Crippen molar-refractivity contribution in [2.45, 2.75) is 32.1 Å². The topological polar surface area (TPSA) is 43.1 Å². The van der Waals surface area contributed by atoms with Crippen molar-refractivity contribution in [3.05, 3.63) is 38.3 Å². The molecule has 0 saturated carbocycles. The summed E-state index contributed by atoms with van der Waals surface area (Å²) in [7, 11) is 0. The Bertz CT molecular complexity index is 409. The van der Waals surface area contributed by atoms with Crippen molar-refractivity contribution < 1.29 is 4.92 Å². The van der Waals surface area contributed by atoms with E-state index in [-0.39, 0.29) is 16.0 Å². The van der Waals surface area contributed by atoms with Gasteiger partial charge in [0.2, 0.25) is 0 Å². The van der Waals surface area contributed by atoms with Crippen molar-refractivity contribution in [3.63, 3.8) is 0 Å². The van der Waals surface area contributed by atoms with Crippen molar-refractivity contribution in [1.82, 2.24) is 0 Å². The van der Waals surface area contributed by atoms with Gasteiger partial charge in [0.05, 0.1) is 4.92 Å². The van der Waals surface area contributed by atoms with Gasteiger partial charge in [-0.25, -0.2) is 0 Å². The number of nitro groups is 1. The zero-order chi connectivity index (χ0) is 13.0. The lowest BCUT2D eigenvalue weighted by atomic mass is 10.0. The maximum atomic E-state index is 10.9. The summed E-state index contributed by atoms with van der Waals surface area (Å²) in [5, 5.41) is 10.9. The van der Waals surface area contributed by atoms with E-state index in [1.54, 1.807) is 12.1 Å². The van der Waals surface area contributed by atoms with Crippen LogP contribution in [0.1, 0.15) is 25.8 Å². The van der Waals surface area contributed by atoms with Crippen molar-refractivity contribution in [2.75, 3.05) is 0 Å². The van der Waals surface area contributed by atoms with Crippen LogP contribution in [0.3, 0.4) is 0 Å². The number of nitro benzene ring substituents is 1. The fourth-order valence-electron chi connectivity index (χ4n) is 1.71. The average molecular weight is 321 g/mol. The molecule has 0 bridgehead atoms. The maximum Gasteiger partial charge on any atom is 0.273 e. The van der Waals surface area contributed by atoms with Gasteiger partial charge >= 0.3 is 0 Å². The molecule has 0 aliphatic rings. The Kier molecular flexibility index (Phi) is 5.40. The molecule has 0 spiro atoms. The molecule has 1 rings (SSSR count). The third kappa shape index (κ3) is 4.64. The summed E-state index contributed by atoms with van der Waals surface area (Å²) in [5.74, 6) is 0.493. The number of alkyl halides is 1. The van der Waals surface area contributed by atoms with Gasteiger partial charge in [0.25, 0.3) is 5.69 Å². The van der Waals surface area contributed by atoms with Gasteiger partial charge in [0.15, 0.2) is 0 Å². The van der Waals surface area contributed by atoms with E-state index in [2.05, 4.69) is 29.8 Å². The van der Waals surface area contributed by atoms with Gasteiger partial charge in [-0.3, -0.25) is 10.1 Å². The number of rotatable bonds is 5. The molecule has 1 atom stereocenters. The third-order valence-corrected chi connectivity index (χ3v) is 3.24. The quantitative estimate of drug-likeness (QED) is 0.453. The number of benzene rings is 1. The number of hydrogen-bond acceptors (Lipinski definition) is 2. The normalized spacial score (nSPS) is 12.8. The molecule has 3 nitrogen and oxygen atoms in total. The van der Waals surface area contributed by atoms with E-state index in [1.165, 1.54) is 6.07 Å². The van der Waals surface area contributed by atoms with E-state index in [9.17, 15) is 10.1 Å². The Labute approximate surface area is 114 Å². The van der Waals surface area contributed by atoms with Crippen LogP contribution in [-0.2, 0) is 6.42 Å². The van der Waals surface area contributed by atoms with E-state index >= 15 is 0 Å². The summed E-state index contributed by atoms with van der Waals surface area (Å²) < 4.78 is 0.711. The molecule has 1 unspecified atom stereocenters. The second-order valence-corrected chi connectivity index (χ2v) is 5.99. The van der Waals surface area contributed by atoms with Crippen molar-refractivity contribution in [1.29, 1.82) is 0 Å². The first kappa shape index (κ1) is 14.5. The first-order chi connectivity index (χ1) is 7.90. The summed E-state index contributed by atoms with van der Waals surface area (Å²) in [5.41, 5.74) is 0.827.